The Kier molecular flexibility index (Phi) is 6.87. The van der Waals surface area contributed by atoms with Crippen molar-refractivity contribution >= 4 is 11.4 Å². The molecule has 124 valence electrons. The fourth-order valence-corrected chi connectivity index (χ4v) is 2.46. The van der Waals surface area contributed by atoms with Gasteiger partial charge in [0.05, 0.1) is 19.8 Å². The van der Waals surface area contributed by atoms with Crippen LogP contribution in [0.25, 0.3) is 11.1 Å². The molecule has 0 aliphatic carbocycles. The molecule has 2 aromatic rings. The molecule has 4 N–H and O–H groups in total. The Hall–Kier alpha value is -2.08. The molecular weight excluding hydrogens is 292 g/mol. The van der Waals surface area contributed by atoms with E-state index in [-0.39, 0.29) is 19.8 Å². The van der Waals surface area contributed by atoms with E-state index in [1.807, 2.05) is 53.4 Å². The molecule has 0 atom stereocenters. The standard InChI is InChI=1S/C18H24N2O3/c21-12-9-19-17-5-1-15(2-6-17)16-3-7-18(8-4-16)20(10-13-22)11-14-23/h1-8,19,21-23H,9-14H2. The fourth-order valence-electron chi connectivity index (χ4n) is 2.46. The molecule has 2 rings (SSSR count). The number of aliphatic hydroxyl groups excluding tert-OH is 3. The Labute approximate surface area is 136 Å². The predicted molar refractivity (Wildman–Crippen MR) is 93.8 cm³/mol. The first-order chi connectivity index (χ1) is 11.3. The largest absolute Gasteiger partial charge is 0.395 e. The van der Waals surface area contributed by atoms with Crippen molar-refractivity contribution in [3.05, 3.63) is 48.5 Å². The number of nitrogens with one attached hydrogen (secondary N) is 1. The lowest BCUT2D eigenvalue weighted by Gasteiger charge is -2.23. The fraction of sp³-hybridized carbons (Fsp3) is 0.333. The van der Waals surface area contributed by atoms with Gasteiger partial charge in [-0.05, 0) is 35.4 Å². The Balaban J connectivity index is 2.09. The van der Waals surface area contributed by atoms with Gasteiger partial charge in [-0.1, -0.05) is 24.3 Å². The highest BCUT2D eigenvalue weighted by Crippen LogP contribution is 2.24. The lowest BCUT2D eigenvalue weighted by atomic mass is 10.0. The summed E-state index contributed by atoms with van der Waals surface area (Å²) >= 11 is 0. The van der Waals surface area contributed by atoms with E-state index in [9.17, 15) is 0 Å². The molecular formula is C18H24N2O3. The van der Waals surface area contributed by atoms with Gasteiger partial charge in [-0.15, -0.1) is 0 Å². The van der Waals surface area contributed by atoms with Crippen LogP contribution in [0.5, 0.6) is 0 Å². The third kappa shape index (κ3) is 4.96. The summed E-state index contributed by atoms with van der Waals surface area (Å²) in [6, 6.07) is 16.1. The van der Waals surface area contributed by atoms with Gasteiger partial charge in [0.1, 0.15) is 0 Å². The lowest BCUT2D eigenvalue weighted by Crippen LogP contribution is -2.29. The summed E-state index contributed by atoms with van der Waals surface area (Å²) in [5.74, 6) is 0. The van der Waals surface area contributed by atoms with E-state index < -0.39 is 0 Å². The zero-order valence-corrected chi connectivity index (χ0v) is 13.2. The lowest BCUT2D eigenvalue weighted by molar-refractivity contribution is 0.281. The van der Waals surface area contributed by atoms with Crippen LogP contribution in [-0.2, 0) is 0 Å². The molecule has 23 heavy (non-hydrogen) atoms. The first-order valence-corrected chi connectivity index (χ1v) is 7.80. The predicted octanol–water partition coefficient (Wildman–Crippen LogP) is 1.55. The summed E-state index contributed by atoms with van der Waals surface area (Å²) in [4.78, 5) is 1.95. The second kappa shape index (κ2) is 9.15. The quantitative estimate of drug-likeness (QED) is 0.565. The van der Waals surface area contributed by atoms with Gasteiger partial charge in [0, 0.05) is 31.0 Å². The molecule has 5 heteroatoms. The summed E-state index contributed by atoms with van der Waals surface area (Å²) in [7, 11) is 0. The highest BCUT2D eigenvalue weighted by molar-refractivity contribution is 5.68. The molecule has 5 nitrogen and oxygen atoms in total. The van der Waals surface area contributed by atoms with Crippen molar-refractivity contribution < 1.29 is 15.3 Å². The third-order valence-electron chi connectivity index (χ3n) is 3.63. The van der Waals surface area contributed by atoms with Crippen LogP contribution in [0, 0.1) is 0 Å². The maximum Gasteiger partial charge on any atom is 0.0606 e. The van der Waals surface area contributed by atoms with Crippen LogP contribution in [0.2, 0.25) is 0 Å². The second-order valence-electron chi connectivity index (χ2n) is 5.21. The van der Waals surface area contributed by atoms with Crippen LogP contribution < -0.4 is 10.2 Å². The zero-order chi connectivity index (χ0) is 16.5. The summed E-state index contributed by atoms with van der Waals surface area (Å²) < 4.78 is 0. The first-order valence-electron chi connectivity index (χ1n) is 7.80. The molecule has 0 aliphatic heterocycles. The molecule has 2 aromatic carbocycles. The minimum absolute atomic E-state index is 0.0596. The molecule has 0 radical (unpaired) electrons. The molecule has 0 saturated carbocycles. The van der Waals surface area contributed by atoms with Crippen LogP contribution in [0.1, 0.15) is 0 Å². The second-order valence-corrected chi connectivity index (χ2v) is 5.21. The van der Waals surface area contributed by atoms with Crippen molar-refractivity contribution in [3.63, 3.8) is 0 Å². The van der Waals surface area contributed by atoms with Gasteiger partial charge in [0.25, 0.3) is 0 Å². The topological polar surface area (TPSA) is 76.0 Å². The first kappa shape index (κ1) is 17.3. The van der Waals surface area contributed by atoms with Crippen molar-refractivity contribution in [2.45, 2.75) is 0 Å². The summed E-state index contributed by atoms with van der Waals surface area (Å²) in [5, 5.41) is 30.1. The number of benzene rings is 2. The zero-order valence-electron chi connectivity index (χ0n) is 13.2. The Bertz CT molecular complexity index is 564. The normalized spacial score (nSPS) is 10.6. The molecule has 0 aromatic heterocycles. The summed E-state index contributed by atoms with van der Waals surface area (Å²) in [6.07, 6.45) is 0. The van der Waals surface area contributed by atoms with Gasteiger partial charge < -0.3 is 25.5 Å². The Morgan fingerprint density at radius 3 is 1.70 bits per heavy atom. The minimum atomic E-state index is 0.0596. The number of hydrogen-bond acceptors (Lipinski definition) is 5. The minimum Gasteiger partial charge on any atom is -0.395 e. The molecule has 0 saturated heterocycles. The van der Waals surface area contributed by atoms with Crippen LogP contribution in [0.15, 0.2) is 48.5 Å². The van der Waals surface area contributed by atoms with Gasteiger partial charge >= 0.3 is 0 Å². The highest BCUT2D eigenvalue weighted by atomic mass is 16.3. The molecule has 0 fully saturated rings. The van der Waals surface area contributed by atoms with Gasteiger partial charge in [0.2, 0.25) is 0 Å². The number of hydrogen-bond donors (Lipinski definition) is 4. The van der Waals surface area contributed by atoms with Crippen molar-refractivity contribution in [2.75, 3.05) is 49.7 Å². The number of rotatable bonds is 9. The third-order valence-corrected chi connectivity index (χ3v) is 3.63. The highest BCUT2D eigenvalue weighted by Gasteiger charge is 2.06. The van der Waals surface area contributed by atoms with E-state index in [1.165, 1.54) is 0 Å². The van der Waals surface area contributed by atoms with E-state index >= 15 is 0 Å². The maximum atomic E-state index is 9.10. The van der Waals surface area contributed by atoms with Gasteiger partial charge in [-0.25, -0.2) is 0 Å². The average Bonchev–Trinajstić information content (AvgIpc) is 2.60. The van der Waals surface area contributed by atoms with Gasteiger partial charge in [0.15, 0.2) is 0 Å². The van der Waals surface area contributed by atoms with Crippen molar-refractivity contribution in [1.29, 1.82) is 0 Å². The van der Waals surface area contributed by atoms with Gasteiger partial charge in [-0.3, -0.25) is 0 Å². The molecule has 0 aliphatic rings. The Morgan fingerprint density at radius 2 is 1.22 bits per heavy atom. The molecule has 0 heterocycles. The van der Waals surface area contributed by atoms with Crippen molar-refractivity contribution in [2.24, 2.45) is 0 Å². The SMILES string of the molecule is OCCNc1ccc(-c2ccc(N(CCO)CCO)cc2)cc1. The van der Waals surface area contributed by atoms with Crippen LogP contribution >= 0.6 is 0 Å². The van der Waals surface area contributed by atoms with E-state index in [2.05, 4.69) is 5.32 Å². The van der Waals surface area contributed by atoms with Crippen molar-refractivity contribution in [1.82, 2.24) is 0 Å². The number of anilines is 2. The van der Waals surface area contributed by atoms with Crippen LogP contribution in [-0.4, -0.2) is 54.8 Å². The number of nitrogens with zero attached hydrogens (tertiary/aromatic N) is 1. The van der Waals surface area contributed by atoms with E-state index in [0.717, 1.165) is 22.5 Å². The Morgan fingerprint density at radius 1 is 0.696 bits per heavy atom. The smallest absolute Gasteiger partial charge is 0.0606 e. The molecule has 0 unspecified atom stereocenters. The summed E-state index contributed by atoms with van der Waals surface area (Å²) in [5.41, 5.74) is 4.19. The maximum absolute atomic E-state index is 9.10. The van der Waals surface area contributed by atoms with E-state index in [1.54, 1.807) is 0 Å². The van der Waals surface area contributed by atoms with Gasteiger partial charge in [-0.2, -0.15) is 0 Å². The van der Waals surface area contributed by atoms with Crippen LogP contribution in [0.3, 0.4) is 0 Å². The summed E-state index contributed by atoms with van der Waals surface area (Å²) in [6.45, 7) is 1.78. The van der Waals surface area contributed by atoms with Crippen molar-refractivity contribution in [3.8, 4) is 11.1 Å². The molecule has 0 amide bonds. The van der Waals surface area contributed by atoms with E-state index in [4.69, 9.17) is 15.3 Å². The monoisotopic (exact) mass is 316 g/mol. The van der Waals surface area contributed by atoms with Crippen LogP contribution in [0.4, 0.5) is 11.4 Å². The van der Waals surface area contributed by atoms with E-state index in [0.29, 0.717) is 19.6 Å². The average molecular weight is 316 g/mol. The molecule has 0 spiro atoms. The number of aliphatic hydroxyl groups is 3. The molecule has 0 bridgehead atoms.